The summed E-state index contributed by atoms with van der Waals surface area (Å²) in [5.41, 5.74) is 2.09. The molecule has 0 bridgehead atoms. The highest BCUT2D eigenvalue weighted by atomic mass is 32.1. The molecule has 1 atom stereocenters. The van der Waals surface area contributed by atoms with Crippen molar-refractivity contribution in [3.8, 4) is 0 Å². The van der Waals surface area contributed by atoms with Gasteiger partial charge < -0.3 is 5.32 Å². The van der Waals surface area contributed by atoms with Gasteiger partial charge in [0.05, 0.1) is 27.0 Å². The molecule has 2 heterocycles. The molecular weight excluding hydrogens is 268 g/mol. The van der Waals surface area contributed by atoms with Crippen LogP contribution in [0.5, 0.6) is 0 Å². The number of aromatic nitrogens is 3. The summed E-state index contributed by atoms with van der Waals surface area (Å²) in [7, 11) is 0. The summed E-state index contributed by atoms with van der Waals surface area (Å²) in [5, 5.41) is 4.60. The number of benzene rings is 1. The Bertz CT molecular complexity index is 647. The van der Waals surface area contributed by atoms with Crippen LogP contribution in [0.1, 0.15) is 23.7 Å². The van der Waals surface area contributed by atoms with E-state index < -0.39 is 0 Å². The first-order valence-electron chi connectivity index (χ1n) is 6.70. The molecular formula is C15H16N4S. The average molecular weight is 284 g/mol. The first-order chi connectivity index (χ1) is 9.86. The molecule has 0 saturated heterocycles. The van der Waals surface area contributed by atoms with Crippen molar-refractivity contribution in [2.45, 2.75) is 19.4 Å². The minimum Gasteiger partial charge on any atom is -0.309 e. The topological polar surface area (TPSA) is 50.7 Å². The van der Waals surface area contributed by atoms with Crippen LogP contribution in [-0.2, 0) is 6.42 Å². The highest BCUT2D eigenvalue weighted by Crippen LogP contribution is 2.25. The van der Waals surface area contributed by atoms with Gasteiger partial charge in [-0.2, -0.15) is 0 Å². The van der Waals surface area contributed by atoms with Crippen LogP contribution >= 0.6 is 11.3 Å². The highest BCUT2D eigenvalue weighted by molar-refractivity contribution is 7.18. The Kier molecular flexibility index (Phi) is 3.99. The van der Waals surface area contributed by atoms with E-state index in [-0.39, 0.29) is 6.04 Å². The maximum Gasteiger partial charge on any atom is 0.115 e. The third-order valence-corrected chi connectivity index (χ3v) is 4.19. The van der Waals surface area contributed by atoms with E-state index in [9.17, 15) is 0 Å². The molecule has 1 unspecified atom stereocenters. The van der Waals surface area contributed by atoms with Gasteiger partial charge >= 0.3 is 0 Å². The summed E-state index contributed by atoms with van der Waals surface area (Å²) >= 11 is 1.75. The van der Waals surface area contributed by atoms with E-state index in [1.165, 1.54) is 4.70 Å². The molecule has 4 nitrogen and oxygen atoms in total. The van der Waals surface area contributed by atoms with Crippen LogP contribution in [0.2, 0.25) is 0 Å². The fourth-order valence-electron chi connectivity index (χ4n) is 2.22. The molecule has 1 aromatic carbocycles. The lowest BCUT2D eigenvalue weighted by atomic mass is 10.1. The molecule has 0 aliphatic heterocycles. The first kappa shape index (κ1) is 13.1. The van der Waals surface area contributed by atoms with Gasteiger partial charge in [-0.3, -0.25) is 0 Å². The lowest BCUT2D eigenvalue weighted by Crippen LogP contribution is -2.23. The minimum absolute atomic E-state index is 0.184. The van der Waals surface area contributed by atoms with E-state index in [2.05, 4.69) is 40.4 Å². The smallest absolute Gasteiger partial charge is 0.115 e. The predicted molar refractivity (Wildman–Crippen MR) is 81.8 cm³/mol. The van der Waals surface area contributed by atoms with Crippen molar-refractivity contribution in [3.05, 3.63) is 53.6 Å². The van der Waals surface area contributed by atoms with E-state index in [4.69, 9.17) is 4.98 Å². The second kappa shape index (κ2) is 6.07. The molecule has 0 spiro atoms. The number of para-hydroxylation sites is 1. The summed E-state index contributed by atoms with van der Waals surface area (Å²) in [6, 6.07) is 10.4. The van der Waals surface area contributed by atoms with Gasteiger partial charge in [-0.05, 0) is 24.7 Å². The number of hydrogen-bond donors (Lipinski definition) is 1. The predicted octanol–water partition coefficient (Wildman–Crippen LogP) is 2.98. The van der Waals surface area contributed by atoms with E-state index in [0.29, 0.717) is 0 Å². The Labute approximate surface area is 121 Å². The van der Waals surface area contributed by atoms with Crippen molar-refractivity contribution in [1.82, 2.24) is 20.3 Å². The monoisotopic (exact) mass is 284 g/mol. The molecule has 1 N–H and O–H groups in total. The van der Waals surface area contributed by atoms with Crippen molar-refractivity contribution in [3.63, 3.8) is 0 Å². The van der Waals surface area contributed by atoms with Gasteiger partial charge in [0.15, 0.2) is 0 Å². The second-order valence-electron chi connectivity index (χ2n) is 4.52. The van der Waals surface area contributed by atoms with Gasteiger partial charge in [0.2, 0.25) is 0 Å². The van der Waals surface area contributed by atoms with Gasteiger partial charge in [-0.1, -0.05) is 19.1 Å². The Balaban J connectivity index is 1.86. The highest BCUT2D eigenvalue weighted by Gasteiger charge is 2.15. The maximum absolute atomic E-state index is 4.70. The third kappa shape index (κ3) is 2.84. The molecule has 3 aromatic rings. The molecule has 0 fully saturated rings. The SMILES string of the molecule is CCNC(Cc1nc2ccccc2s1)c1ccncn1. The molecule has 2 aromatic heterocycles. The van der Waals surface area contributed by atoms with Gasteiger partial charge in [0.1, 0.15) is 6.33 Å². The van der Waals surface area contributed by atoms with E-state index >= 15 is 0 Å². The number of likely N-dealkylation sites (N-methyl/N-ethyl adjacent to an activating group) is 1. The Morgan fingerprint density at radius 1 is 1.25 bits per heavy atom. The minimum atomic E-state index is 0.184. The number of thiazole rings is 1. The molecule has 5 heteroatoms. The Hall–Kier alpha value is -1.85. The van der Waals surface area contributed by atoms with Crippen molar-refractivity contribution < 1.29 is 0 Å². The Morgan fingerprint density at radius 3 is 2.90 bits per heavy atom. The summed E-state index contributed by atoms with van der Waals surface area (Å²) in [6.07, 6.45) is 4.23. The van der Waals surface area contributed by atoms with Crippen molar-refractivity contribution in [2.24, 2.45) is 0 Å². The van der Waals surface area contributed by atoms with Crippen LogP contribution < -0.4 is 5.32 Å². The van der Waals surface area contributed by atoms with E-state index in [0.717, 1.165) is 29.2 Å². The van der Waals surface area contributed by atoms with E-state index in [1.54, 1.807) is 23.9 Å². The van der Waals surface area contributed by atoms with Crippen molar-refractivity contribution >= 4 is 21.6 Å². The fraction of sp³-hybridized carbons (Fsp3) is 0.267. The largest absolute Gasteiger partial charge is 0.309 e. The molecule has 0 aliphatic rings. The second-order valence-corrected chi connectivity index (χ2v) is 5.64. The maximum atomic E-state index is 4.70. The van der Waals surface area contributed by atoms with Gasteiger partial charge in [-0.15, -0.1) is 11.3 Å². The van der Waals surface area contributed by atoms with Gasteiger partial charge in [0, 0.05) is 12.6 Å². The van der Waals surface area contributed by atoms with Crippen LogP contribution in [-0.4, -0.2) is 21.5 Å². The van der Waals surface area contributed by atoms with E-state index in [1.807, 2.05) is 12.1 Å². The number of fused-ring (bicyclic) bond motifs is 1. The average Bonchev–Trinajstić information content (AvgIpc) is 2.90. The fourth-order valence-corrected chi connectivity index (χ4v) is 3.23. The molecule has 102 valence electrons. The zero-order valence-corrected chi connectivity index (χ0v) is 12.1. The standard InChI is InChI=1S/C15H16N4S/c1-2-17-13(11-7-8-16-10-18-11)9-15-19-12-5-3-4-6-14(12)20-15/h3-8,10,13,17H,2,9H2,1H3. The number of nitrogens with zero attached hydrogens (tertiary/aromatic N) is 3. The van der Waals surface area contributed by atoms with Crippen LogP contribution in [0.15, 0.2) is 42.9 Å². The van der Waals surface area contributed by atoms with Crippen molar-refractivity contribution in [1.29, 1.82) is 0 Å². The van der Waals surface area contributed by atoms with Crippen LogP contribution in [0.25, 0.3) is 10.2 Å². The van der Waals surface area contributed by atoms with Crippen molar-refractivity contribution in [2.75, 3.05) is 6.54 Å². The molecule has 20 heavy (non-hydrogen) atoms. The molecule has 0 radical (unpaired) electrons. The zero-order valence-electron chi connectivity index (χ0n) is 11.3. The van der Waals surface area contributed by atoms with Crippen LogP contribution in [0, 0.1) is 0 Å². The van der Waals surface area contributed by atoms with Crippen LogP contribution in [0.4, 0.5) is 0 Å². The number of rotatable bonds is 5. The van der Waals surface area contributed by atoms with Gasteiger partial charge in [-0.25, -0.2) is 15.0 Å². The summed E-state index contributed by atoms with van der Waals surface area (Å²) in [4.78, 5) is 13.0. The normalized spacial score (nSPS) is 12.7. The van der Waals surface area contributed by atoms with Gasteiger partial charge in [0.25, 0.3) is 0 Å². The number of nitrogens with one attached hydrogen (secondary N) is 1. The molecule has 0 aliphatic carbocycles. The summed E-state index contributed by atoms with van der Waals surface area (Å²) in [6.45, 7) is 3.01. The quantitative estimate of drug-likeness (QED) is 0.782. The molecule has 0 saturated carbocycles. The van der Waals surface area contributed by atoms with Crippen LogP contribution in [0.3, 0.4) is 0 Å². The summed E-state index contributed by atoms with van der Waals surface area (Å²) in [5.74, 6) is 0. The first-order valence-corrected chi connectivity index (χ1v) is 7.52. The Morgan fingerprint density at radius 2 is 2.15 bits per heavy atom. The molecule has 0 amide bonds. The number of hydrogen-bond acceptors (Lipinski definition) is 5. The third-order valence-electron chi connectivity index (χ3n) is 3.13. The summed E-state index contributed by atoms with van der Waals surface area (Å²) < 4.78 is 1.24. The molecule has 3 rings (SSSR count). The lowest BCUT2D eigenvalue weighted by molar-refractivity contribution is 0.535. The lowest BCUT2D eigenvalue weighted by Gasteiger charge is -2.15. The zero-order chi connectivity index (χ0) is 13.8.